The van der Waals surface area contributed by atoms with Gasteiger partial charge in [-0.1, -0.05) is 18.2 Å². The number of hydrogen-bond acceptors (Lipinski definition) is 4. The standard InChI is InChI=1S/C23H19F3N2O3/c1-2-31-23(30)17(21-18(25)7-4-8-19(21)26)13-28-22(29)15-9-10-20(27-12-15)14-5-3-6-16(24)11-14/h3-12,17H,2,13H2,1H3,(H,28,29). The van der Waals surface area contributed by atoms with E-state index in [9.17, 15) is 22.8 Å². The molecule has 0 fully saturated rings. The fourth-order valence-corrected chi connectivity index (χ4v) is 3.03. The predicted octanol–water partition coefficient (Wildman–Crippen LogP) is 4.24. The lowest BCUT2D eigenvalue weighted by Gasteiger charge is -2.18. The normalized spacial score (nSPS) is 11.6. The Balaban J connectivity index is 1.75. The first-order chi connectivity index (χ1) is 14.9. The van der Waals surface area contributed by atoms with Gasteiger partial charge >= 0.3 is 5.97 Å². The second-order valence-electron chi connectivity index (χ2n) is 6.59. The molecule has 0 bridgehead atoms. The average Bonchev–Trinajstić information content (AvgIpc) is 2.75. The van der Waals surface area contributed by atoms with Crippen LogP contribution in [0, 0.1) is 17.5 Å². The maximum absolute atomic E-state index is 14.2. The van der Waals surface area contributed by atoms with Crippen molar-refractivity contribution in [2.75, 3.05) is 13.2 Å². The van der Waals surface area contributed by atoms with Crippen molar-refractivity contribution in [2.24, 2.45) is 0 Å². The lowest BCUT2D eigenvalue weighted by Crippen LogP contribution is -2.33. The van der Waals surface area contributed by atoms with E-state index in [1.807, 2.05) is 0 Å². The largest absolute Gasteiger partial charge is 0.465 e. The number of esters is 1. The maximum atomic E-state index is 14.2. The summed E-state index contributed by atoms with van der Waals surface area (Å²) in [5.41, 5.74) is 0.704. The van der Waals surface area contributed by atoms with Gasteiger partial charge in [-0.15, -0.1) is 0 Å². The number of nitrogens with zero attached hydrogens (tertiary/aromatic N) is 1. The average molecular weight is 428 g/mol. The van der Waals surface area contributed by atoms with Crippen LogP contribution >= 0.6 is 0 Å². The molecule has 1 heterocycles. The number of halogens is 3. The van der Waals surface area contributed by atoms with E-state index in [1.165, 1.54) is 30.5 Å². The molecular weight excluding hydrogens is 409 g/mol. The molecule has 31 heavy (non-hydrogen) atoms. The highest BCUT2D eigenvalue weighted by molar-refractivity contribution is 5.94. The SMILES string of the molecule is CCOC(=O)C(CNC(=O)c1ccc(-c2cccc(F)c2)nc1)c1c(F)cccc1F. The highest BCUT2D eigenvalue weighted by Gasteiger charge is 2.29. The fourth-order valence-electron chi connectivity index (χ4n) is 3.03. The topological polar surface area (TPSA) is 68.3 Å². The number of benzene rings is 2. The highest BCUT2D eigenvalue weighted by atomic mass is 19.1. The molecule has 1 unspecified atom stereocenters. The van der Waals surface area contributed by atoms with Gasteiger partial charge in [0.1, 0.15) is 23.4 Å². The Bertz CT molecular complexity index is 1070. The van der Waals surface area contributed by atoms with Gasteiger partial charge in [0.25, 0.3) is 5.91 Å². The van der Waals surface area contributed by atoms with Crippen molar-refractivity contribution < 1.29 is 27.5 Å². The summed E-state index contributed by atoms with van der Waals surface area (Å²) in [6.07, 6.45) is 1.29. The molecule has 1 amide bonds. The quantitative estimate of drug-likeness (QED) is 0.572. The van der Waals surface area contributed by atoms with Gasteiger partial charge in [0.05, 0.1) is 17.9 Å². The second kappa shape index (κ2) is 9.88. The van der Waals surface area contributed by atoms with Crippen LogP contribution in [0.2, 0.25) is 0 Å². The Hall–Kier alpha value is -3.68. The fraction of sp³-hybridized carbons (Fsp3) is 0.174. The number of pyridine rings is 1. The van der Waals surface area contributed by atoms with Crippen molar-refractivity contribution >= 4 is 11.9 Å². The van der Waals surface area contributed by atoms with Crippen molar-refractivity contribution in [1.29, 1.82) is 0 Å². The molecule has 8 heteroatoms. The monoisotopic (exact) mass is 428 g/mol. The van der Waals surface area contributed by atoms with E-state index in [1.54, 1.807) is 25.1 Å². The van der Waals surface area contributed by atoms with Crippen molar-refractivity contribution in [1.82, 2.24) is 10.3 Å². The second-order valence-corrected chi connectivity index (χ2v) is 6.59. The number of ether oxygens (including phenoxy) is 1. The Morgan fingerprint density at radius 2 is 1.74 bits per heavy atom. The van der Waals surface area contributed by atoms with Crippen LogP contribution in [-0.2, 0) is 9.53 Å². The Morgan fingerprint density at radius 1 is 1.03 bits per heavy atom. The molecule has 3 rings (SSSR count). The van der Waals surface area contributed by atoms with E-state index in [0.717, 1.165) is 12.1 Å². The number of carbonyl (C=O) groups is 2. The van der Waals surface area contributed by atoms with E-state index in [2.05, 4.69) is 10.3 Å². The molecule has 0 saturated carbocycles. The Morgan fingerprint density at radius 3 is 2.35 bits per heavy atom. The van der Waals surface area contributed by atoms with Crippen LogP contribution in [0.4, 0.5) is 13.2 Å². The number of rotatable bonds is 7. The van der Waals surface area contributed by atoms with Crippen LogP contribution in [-0.4, -0.2) is 30.0 Å². The summed E-state index contributed by atoms with van der Waals surface area (Å²) in [5, 5.41) is 2.49. The molecule has 5 nitrogen and oxygen atoms in total. The Labute approximate surface area is 176 Å². The molecule has 0 spiro atoms. The first-order valence-electron chi connectivity index (χ1n) is 9.51. The van der Waals surface area contributed by atoms with Gasteiger partial charge in [-0.25, -0.2) is 13.2 Å². The number of hydrogen-bond donors (Lipinski definition) is 1. The van der Waals surface area contributed by atoms with Gasteiger partial charge in [-0.05, 0) is 43.3 Å². The van der Waals surface area contributed by atoms with Crippen LogP contribution in [0.1, 0.15) is 28.8 Å². The van der Waals surface area contributed by atoms with Gasteiger partial charge in [0.2, 0.25) is 0 Å². The molecule has 0 aliphatic heterocycles. The molecule has 0 saturated heterocycles. The molecule has 2 aromatic carbocycles. The van der Waals surface area contributed by atoms with Crippen molar-refractivity contribution in [3.8, 4) is 11.3 Å². The Kier molecular flexibility index (Phi) is 7.02. The third-order valence-corrected chi connectivity index (χ3v) is 4.53. The number of aromatic nitrogens is 1. The molecule has 3 aromatic rings. The van der Waals surface area contributed by atoms with Gasteiger partial charge in [0.15, 0.2) is 0 Å². The molecule has 160 valence electrons. The third kappa shape index (κ3) is 5.28. The minimum atomic E-state index is -1.36. The van der Waals surface area contributed by atoms with Gasteiger partial charge < -0.3 is 10.1 Å². The summed E-state index contributed by atoms with van der Waals surface area (Å²) >= 11 is 0. The van der Waals surface area contributed by atoms with Crippen molar-refractivity contribution in [3.05, 3.63) is 89.4 Å². The summed E-state index contributed by atoms with van der Waals surface area (Å²) in [7, 11) is 0. The molecule has 0 aliphatic carbocycles. The lowest BCUT2D eigenvalue weighted by atomic mass is 9.97. The summed E-state index contributed by atoms with van der Waals surface area (Å²) in [6, 6.07) is 12.1. The van der Waals surface area contributed by atoms with Gasteiger partial charge in [-0.3, -0.25) is 14.6 Å². The van der Waals surface area contributed by atoms with Crippen LogP contribution in [0.5, 0.6) is 0 Å². The van der Waals surface area contributed by atoms with Crippen molar-refractivity contribution in [3.63, 3.8) is 0 Å². The van der Waals surface area contributed by atoms with Crippen LogP contribution < -0.4 is 5.32 Å². The van der Waals surface area contributed by atoms with Crippen LogP contribution in [0.3, 0.4) is 0 Å². The van der Waals surface area contributed by atoms with Crippen LogP contribution in [0.15, 0.2) is 60.8 Å². The van der Waals surface area contributed by atoms with E-state index in [0.29, 0.717) is 11.3 Å². The summed E-state index contributed by atoms with van der Waals surface area (Å²) in [5.74, 6) is -5.03. The van der Waals surface area contributed by atoms with Crippen LogP contribution in [0.25, 0.3) is 11.3 Å². The number of nitrogens with one attached hydrogen (secondary N) is 1. The van der Waals surface area contributed by atoms with Gasteiger partial charge in [0, 0.05) is 23.9 Å². The maximum Gasteiger partial charge on any atom is 0.315 e. The molecule has 0 radical (unpaired) electrons. The molecular formula is C23H19F3N2O3. The van der Waals surface area contributed by atoms with Crippen molar-refractivity contribution in [2.45, 2.75) is 12.8 Å². The molecule has 1 aromatic heterocycles. The molecule has 1 N–H and O–H groups in total. The number of carbonyl (C=O) groups excluding carboxylic acids is 2. The predicted molar refractivity (Wildman–Crippen MR) is 108 cm³/mol. The van der Waals surface area contributed by atoms with Gasteiger partial charge in [-0.2, -0.15) is 0 Å². The van der Waals surface area contributed by atoms with E-state index in [-0.39, 0.29) is 18.7 Å². The summed E-state index contributed by atoms with van der Waals surface area (Å²) < 4.78 is 46.7. The number of amides is 1. The highest BCUT2D eigenvalue weighted by Crippen LogP contribution is 2.24. The first-order valence-corrected chi connectivity index (χ1v) is 9.51. The molecule has 1 atom stereocenters. The summed E-state index contributed by atoms with van der Waals surface area (Å²) in [6.45, 7) is 1.21. The molecule has 0 aliphatic rings. The zero-order valence-electron chi connectivity index (χ0n) is 16.6. The zero-order valence-corrected chi connectivity index (χ0v) is 16.6. The van der Waals surface area contributed by atoms with E-state index < -0.39 is 40.8 Å². The smallest absolute Gasteiger partial charge is 0.315 e. The minimum absolute atomic E-state index is 0.0187. The minimum Gasteiger partial charge on any atom is -0.465 e. The third-order valence-electron chi connectivity index (χ3n) is 4.53. The first kappa shape index (κ1) is 22.0. The van der Waals surface area contributed by atoms with E-state index >= 15 is 0 Å². The zero-order chi connectivity index (χ0) is 22.4. The lowest BCUT2D eigenvalue weighted by molar-refractivity contribution is -0.144. The summed E-state index contributed by atoms with van der Waals surface area (Å²) in [4.78, 5) is 28.9. The van der Waals surface area contributed by atoms with E-state index in [4.69, 9.17) is 4.74 Å².